The summed E-state index contributed by atoms with van der Waals surface area (Å²) in [5.74, 6) is 0.506. The Balaban J connectivity index is 1.66. The van der Waals surface area contributed by atoms with Crippen molar-refractivity contribution in [3.8, 4) is 0 Å². The van der Waals surface area contributed by atoms with Crippen molar-refractivity contribution in [2.24, 2.45) is 11.8 Å². The van der Waals surface area contributed by atoms with E-state index in [0.29, 0.717) is 24.0 Å². The highest BCUT2D eigenvalue weighted by atomic mass is 35.5. The topological polar surface area (TPSA) is 58.4 Å². The number of amides is 1. The van der Waals surface area contributed by atoms with Gasteiger partial charge in [0, 0.05) is 18.7 Å². The van der Waals surface area contributed by atoms with Gasteiger partial charge in [0.15, 0.2) is 0 Å². The van der Waals surface area contributed by atoms with Gasteiger partial charge in [-0.2, -0.15) is 5.10 Å². The molecular formula is C14H20ClN3O2. The number of halogens is 1. The van der Waals surface area contributed by atoms with Crippen molar-refractivity contribution in [1.82, 2.24) is 14.7 Å². The molecule has 0 bridgehead atoms. The fourth-order valence-electron chi connectivity index (χ4n) is 3.13. The summed E-state index contributed by atoms with van der Waals surface area (Å²) in [6.07, 6.45) is 3.83. The largest absolute Gasteiger partial charge is 0.387 e. The first-order chi connectivity index (χ1) is 9.40. The first-order valence-corrected chi connectivity index (χ1v) is 7.47. The third-order valence-corrected chi connectivity index (χ3v) is 4.98. The van der Waals surface area contributed by atoms with Crippen LogP contribution in [0.5, 0.6) is 0 Å². The number of β-amino-alcohol motifs (C(OH)–C–C–N with tert-alkyl or cyclic N) is 1. The van der Waals surface area contributed by atoms with Crippen LogP contribution in [0.3, 0.4) is 0 Å². The maximum Gasteiger partial charge on any atom is 0.244 e. The zero-order valence-corrected chi connectivity index (χ0v) is 12.6. The van der Waals surface area contributed by atoms with Crippen LogP contribution in [0.15, 0.2) is 6.20 Å². The smallest absolute Gasteiger partial charge is 0.244 e. The second-order valence-electron chi connectivity index (χ2n) is 6.20. The van der Waals surface area contributed by atoms with Crippen LogP contribution < -0.4 is 0 Å². The number of likely N-dealkylation sites (tertiary alicyclic amines) is 1. The van der Waals surface area contributed by atoms with Crippen LogP contribution >= 0.6 is 11.6 Å². The molecule has 2 aliphatic rings. The molecule has 1 aliphatic heterocycles. The van der Waals surface area contributed by atoms with Gasteiger partial charge >= 0.3 is 0 Å². The predicted octanol–water partition coefficient (Wildman–Crippen LogP) is 1.46. The molecule has 0 radical (unpaired) electrons. The molecule has 0 aromatic carbocycles. The van der Waals surface area contributed by atoms with Crippen LogP contribution in [0.1, 0.15) is 25.5 Å². The van der Waals surface area contributed by atoms with Gasteiger partial charge in [0.05, 0.1) is 22.9 Å². The number of aromatic nitrogens is 2. The fourth-order valence-corrected chi connectivity index (χ4v) is 3.28. The normalized spacial score (nSPS) is 30.0. The van der Waals surface area contributed by atoms with Crippen LogP contribution in [-0.2, 0) is 11.3 Å². The van der Waals surface area contributed by atoms with E-state index in [-0.39, 0.29) is 18.4 Å². The number of hydrogen-bond donors (Lipinski definition) is 1. The highest BCUT2D eigenvalue weighted by Gasteiger charge is 2.53. The Morgan fingerprint density at radius 2 is 2.30 bits per heavy atom. The van der Waals surface area contributed by atoms with Crippen molar-refractivity contribution in [1.29, 1.82) is 0 Å². The van der Waals surface area contributed by atoms with E-state index in [1.165, 1.54) is 0 Å². The highest BCUT2D eigenvalue weighted by molar-refractivity contribution is 6.31. The Morgan fingerprint density at radius 1 is 1.60 bits per heavy atom. The number of rotatable bonds is 3. The van der Waals surface area contributed by atoms with Crippen molar-refractivity contribution in [2.75, 3.05) is 13.1 Å². The van der Waals surface area contributed by atoms with Crippen LogP contribution in [0.25, 0.3) is 0 Å². The van der Waals surface area contributed by atoms with Gasteiger partial charge in [-0.05, 0) is 25.7 Å². The van der Waals surface area contributed by atoms with E-state index >= 15 is 0 Å². The molecule has 0 spiro atoms. The molecule has 1 saturated heterocycles. The van der Waals surface area contributed by atoms with E-state index in [1.807, 2.05) is 13.8 Å². The van der Waals surface area contributed by atoms with Gasteiger partial charge in [-0.15, -0.1) is 0 Å². The molecule has 1 aliphatic carbocycles. The first-order valence-electron chi connectivity index (χ1n) is 7.10. The number of carbonyl (C=O) groups excluding carboxylic acids is 1. The molecule has 6 heteroatoms. The molecule has 2 fully saturated rings. The van der Waals surface area contributed by atoms with E-state index in [2.05, 4.69) is 5.10 Å². The second kappa shape index (κ2) is 4.74. The third-order valence-electron chi connectivity index (χ3n) is 4.61. The Morgan fingerprint density at radius 3 is 2.85 bits per heavy atom. The number of carbonyl (C=O) groups is 1. The highest BCUT2D eigenvalue weighted by Crippen LogP contribution is 2.47. The Bertz CT molecular complexity index is 521. The Kier molecular flexibility index (Phi) is 3.29. The number of aryl methyl sites for hydroxylation is 1. The third kappa shape index (κ3) is 2.33. The molecule has 1 aromatic rings. The van der Waals surface area contributed by atoms with Crippen molar-refractivity contribution >= 4 is 17.5 Å². The molecular weight excluding hydrogens is 278 g/mol. The van der Waals surface area contributed by atoms with E-state index < -0.39 is 5.60 Å². The Hall–Kier alpha value is -1.07. The standard InChI is InChI=1S/C14H20ClN3O2/c1-9-5-17(8-14(9,20)11-3-4-11)13(19)7-18-6-12(15)10(2)16-18/h6,9,11,20H,3-5,7-8H2,1-2H3/t9-,14+/m1/s1. The molecule has 1 saturated carbocycles. The summed E-state index contributed by atoms with van der Waals surface area (Å²) >= 11 is 5.94. The lowest BCUT2D eigenvalue weighted by molar-refractivity contribution is -0.132. The van der Waals surface area contributed by atoms with Crippen LogP contribution in [0.4, 0.5) is 0 Å². The maximum atomic E-state index is 12.3. The average molecular weight is 298 g/mol. The summed E-state index contributed by atoms with van der Waals surface area (Å²) in [6.45, 7) is 5.10. The van der Waals surface area contributed by atoms with E-state index in [0.717, 1.165) is 18.5 Å². The van der Waals surface area contributed by atoms with Gasteiger partial charge < -0.3 is 10.0 Å². The van der Waals surface area contributed by atoms with E-state index in [9.17, 15) is 9.90 Å². The molecule has 5 nitrogen and oxygen atoms in total. The van der Waals surface area contributed by atoms with Crippen molar-refractivity contribution in [3.05, 3.63) is 16.9 Å². The summed E-state index contributed by atoms with van der Waals surface area (Å²) in [5, 5.41) is 15.5. The molecule has 2 heterocycles. The molecule has 20 heavy (non-hydrogen) atoms. The SMILES string of the molecule is Cc1nn(CC(=O)N2C[C@@H](C)[C@](O)(C3CC3)C2)cc1Cl. The molecule has 1 amide bonds. The van der Waals surface area contributed by atoms with Gasteiger partial charge in [-0.25, -0.2) is 0 Å². The molecule has 2 atom stereocenters. The van der Waals surface area contributed by atoms with Crippen LogP contribution in [0, 0.1) is 18.8 Å². The van der Waals surface area contributed by atoms with Crippen molar-refractivity contribution in [2.45, 2.75) is 38.8 Å². The van der Waals surface area contributed by atoms with Gasteiger partial charge in [0.1, 0.15) is 6.54 Å². The predicted molar refractivity (Wildman–Crippen MR) is 75.4 cm³/mol. The summed E-state index contributed by atoms with van der Waals surface area (Å²) in [4.78, 5) is 14.1. The maximum absolute atomic E-state index is 12.3. The van der Waals surface area contributed by atoms with Gasteiger partial charge in [-0.3, -0.25) is 9.48 Å². The molecule has 3 rings (SSSR count). The molecule has 1 N–H and O–H groups in total. The van der Waals surface area contributed by atoms with Crippen molar-refractivity contribution in [3.63, 3.8) is 0 Å². The zero-order valence-electron chi connectivity index (χ0n) is 11.8. The number of hydrogen-bond acceptors (Lipinski definition) is 3. The summed E-state index contributed by atoms with van der Waals surface area (Å²) in [7, 11) is 0. The second-order valence-corrected chi connectivity index (χ2v) is 6.61. The quantitative estimate of drug-likeness (QED) is 0.919. The lowest BCUT2D eigenvalue weighted by Crippen LogP contribution is -2.41. The summed E-state index contributed by atoms with van der Waals surface area (Å²) in [5.41, 5.74) is 0.0385. The minimum Gasteiger partial charge on any atom is -0.387 e. The summed E-state index contributed by atoms with van der Waals surface area (Å²) < 4.78 is 1.57. The van der Waals surface area contributed by atoms with E-state index in [4.69, 9.17) is 11.6 Å². The van der Waals surface area contributed by atoms with Gasteiger partial charge in [-0.1, -0.05) is 18.5 Å². The lowest BCUT2D eigenvalue weighted by atomic mass is 9.88. The molecule has 1 aromatic heterocycles. The fraction of sp³-hybridized carbons (Fsp3) is 0.714. The van der Waals surface area contributed by atoms with Crippen LogP contribution in [-0.4, -0.2) is 44.4 Å². The van der Waals surface area contributed by atoms with Gasteiger partial charge in [0.25, 0.3) is 0 Å². The van der Waals surface area contributed by atoms with Crippen molar-refractivity contribution < 1.29 is 9.90 Å². The monoisotopic (exact) mass is 297 g/mol. The number of aliphatic hydroxyl groups is 1. The van der Waals surface area contributed by atoms with Crippen LogP contribution in [0.2, 0.25) is 5.02 Å². The number of nitrogens with zero attached hydrogens (tertiary/aromatic N) is 3. The Labute approximate surface area is 123 Å². The first kappa shape index (κ1) is 13.9. The van der Waals surface area contributed by atoms with E-state index in [1.54, 1.807) is 15.8 Å². The molecule has 0 unspecified atom stereocenters. The lowest BCUT2D eigenvalue weighted by Gasteiger charge is -2.26. The minimum absolute atomic E-state index is 0.00686. The zero-order chi connectivity index (χ0) is 14.5. The van der Waals surface area contributed by atoms with Gasteiger partial charge in [0.2, 0.25) is 5.91 Å². The minimum atomic E-state index is -0.687. The average Bonchev–Trinajstić information content (AvgIpc) is 3.12. The summed E-state index contributed by atoms with van der Waals surface area (Å²) in [6, 6.07) is 0. The molecule has 110 valence electrons.